The van der Waals surface area contributed by atoms with Crippen molar-refractivity contribution in [1.29, 1.82) is 0 Å². The van der Waals surface area contributed by atoms with Crippen molar-refractivity contribution in [3.05, 3.63) is 15.9 Å². The standard InChI is InChI=1S/C11H15BrN2O5S2/c1-7(11(16)17)6-14(2)9(15)5-13-21(18,19)10-4-3-8(12)20-10/h3-4,7,13H,5-6H2,1-2H3,(H,16,17). The van der Waals surface area contributed by atoms with Gasteiger partial charge in [0.1, 0.15) is 4.21 Å². The van der Waals surface area contributed by atoms with E-state index in [9.17, 15) is 18.0 Å². The molecule has 0 aliphatic carbocycles. The summed E-state index contributed by atoms with van der Waals surface area (Å²) >= 11 is 4.20. The fourth-order valence-corrected chi connectivity index (χ4v) is 4.42. The van der Waals surface area contributed by atoms with Crippen molar-refractivity contribution in [3.8, 4) is 0 Å². The first-order valence-electron chi connectivity index (χ1n) is 5.85. The van der Waals surface area contributed by atoms with Crippen molar-refractivity contribution in [2.75, 3.05) is 20.1 Å². The maximum atomic E-state index is 11.9. The Morgan fingerprint density at radius 3 is 2.57 bits per heavy atom. The Hall–Kier alpha value is -0.970. The normalized spacial score (nSPS) is 12.9. The SMILES string of the molecule is CC(CN(C)C(=O)CNS(=O)(=O)c1ccc(Br)s1)C(=O)O. The zero-order chi connectivity index (χ0) is 16.2. The molecule has 2 N–H and O–H groups in total. The number of nitrogens with one attached hydrogen (secondary N) is 1. The number of sulfonamides is 1. The van der Waals surface area contributed by atoms with Gasteiger partial charge in [-0.05, 0) is 28.1 Å². The van der Waals surface area contributed by atoms with Gasteiger partial charge in [-0.25, -0.2) is 13.1 Å². The number of thiophene rings is 1. The van der Waals surface area contributed by atoms with E-state index >= 15 is 0 Å². The summed E-state index contributed by atoms with van der Waals surface area (Å²) in [4.78, 5) is 23.7. The predicted molar refractivity (Wildman–Crippen MR) is 81.6 cm³/mol. The quantitative estimate of drug-likeness (QED) is 0.711. The highest BCUT2D eigenvalue weighted by Crippen LogP contribution is 2.25. The van der Waals surface area contributed by atoms with Crippen LogP contribution in [-0.4, -0.2) is 50.4 Å². The van der Waals surface area contributed by atoms with Gasteiger partial charge in [0.05, 0.1) is 16.2 Å². The van der Waals surface area contributed by atoms with Gasteiger partial charge in [0.25, 0.3) is 10.0 Å². The fraction of sp³-hybridized carbons (Fsp3) is 0.455. The van der Waals surface area contributed by atoms with E-state index in [1.807, 2.05) is 0 Å². The van der Waals surface area contributed by atoms with Gasteiger partial charge in [-0.15, -0.1) is 11.3 Å². The highest BCUT2D eigenvalue weighted by Gasteiger charge is 2.21. The molecule has 1 amide bonds. The largest absolute Gasteiger partial charge is 0.481 e. The molecule has 1 aromatic heterocycles. The summed E-state index contributed by atoms with van der Waals surface area (Å²) in [7, 11) is -2.31. The number of amides is 1. The molecule has 0 aromatic carbocycles. The molecule has 1 atom stereocenters. The molecule has 1 unspecified atom stereocenters. The van der Waals surface area contributed by atoms with E-state index < -0.39 is 34.4 Å². The smallest absolute Gasteiger partial charge is 0.308 e. The van der Waals surface area contributed by atoms with Gasteiger partial charge < -0.3 is 10.0 Å². The lowest BCUT2D eigenvalue weighted by Gasteiger charge is -2.19. The second kappa shape index (κ2) is 7.34. The molecule has 1 rings (SSSR count). The van der Waals surface area contributed by atoms with Gasteiger partial charge in [-0.3, -0.25) is 9.59 Å². The van der Waals surface area contributed by atoms with E-state index in [-0.39, 0.29) is 10.8 Å². The van der Waals surface area contributed by atoms with Crippen LogP contribution in [0.1, 0.15) is 6.92 Å². The topological polar surface area (TPSA) is 104 Å². The third-order valence-corrected chi connectivity index (χ3v) is 6.14. The lowest BCUT2D eigenvalue weighted by Crippen LogP contribution is -2.40. The molecule has 0 saturated carbocycles. The summed E-state index contributed by atoms with van der Waals surface area (Å²) in [6.45, 7) is 1.07. The van der Waals surface area contributed by atoms with Crippen molar-refractivity contribution in [2.45, 2.75) is 11.1 Å². The number of carboxylic acids is 1. The van der Waals surface area contributed by atoms with Gasteiger partial charge in [-0.2, -0.15) is 0 Å². The molecule has 0 saturated heterocycles. The van der Waals surface area contributed by atoms with Crippen molar-refractivity contribution < 1.29 is 23.1 Å². The van der Waals surface area contributed by atoms with Gasteiger partial charge in [0.15, 0.2) is 0 Å². The molecule has 1 aromatic rings. The monoisotopic (exact) mass is 398 g/mol. The summed E-state index contributed by atoms with van der Waals surface area (Å²) in [5, 5.41) is 8.77. The Bertz CT molecular complexity index is 628. The van der Waals surface area contributed by atoms with Crippen LogP contribution < -0.4 is 4.72 Å². The molecule has 0 radical (unpaired) electrons. The molecular weight excluding hydrogens is 384 g/mol. The molecule has 0 aliphatic rings. The molecular formula is C11H15BrN2O5S2. The Balaban J connectivity index is 2.58. The maximum absolute atomic E-state index is 11.9. The van der Waals surface area contributed by atoms with Crippen LogP contribution in [0.5, 0.6) is 0 Å². The van der Waals surface area contributed by atoms with E-state index in [0.29, 0.717) is 3.79 Å². The Morgan fingerprint density at radius 2 is 2.10 bits per heavy atom. The third kappa shape index (κ3) is 5.38. The molecule has 118 valence electrons. The summed E-state index contributed by atoms with van der Waals surface area (Å²) in [6.07, 6.45) is 0. The highest BCUT2D eigenvalue weighted by atomic mass is 79.9. The van der Waals surface area contributed by atoms with Crippen LogP contribution in [0.25, 0.3) is 0 Å². The number of carbonyl (C=O) groups is 2. The molecule has 0 bridgehead atoms. The lowest BCUT2D eigenvalue weighted by molar-refractivity contribution is -0.142. The summed E-state index contributed by atoms with van der Waals surface area (Å²) in [5.41, 5.74) is 0. The number of rotatable bonds is 7. The zero-order valence-electron chi connectivity index (χ0n) is 11.4. The second-order valence-corrected chi connectivity index (χ2v) is 8.85. The van der Waals surface area contributed by atoms with E-state index in [2.05, 4.69) is 20.7 Å². The second-order valence-electron chi connectivity index (χ2n) is 4.40. The number of likely N-dealkylation sites (N-methyl/N-ethyl adjacent to an activating group) is 1. The van der Waals surface area contributed by atoms with Crippen molar-refractivity contribution >= 4 is 49.2 Å². The number of hydrogen-bond donors (Lipinski definition) is 2. The first-order valence-corrected chi connectivity index (χ1v) is 8.94. The predicted octanol–water partition coefficient (Wildman–Crippen LogP) is 0.968. The Kier molecular flexibility index (Phi) is 6.32. The van der Waals surface area contributed by atoms with Crippen LogP contribution >= 0.6 is 27.3 Å². The number of carbonyl (C=O) groups excluding carboxylic acids is 1. The fourth-order valence-electron chi connectivity index (χ4n) is 1.40. The number of carboxylic acid groups (broad SMARTS) is 1. The lowest BCUT2D eigenvalue weighted by atomic mass is 10.2. The van der Waals surface area contributed by atoms with Crippen LogP contribution in [-0.2, 0) is 19.6 Å². The summed E-state index contributed by atoms with van der Waals surface area (Å²) in [6, 6.07) is 3.03. The van der Waals surface area contributed by atoms with Crippen LogP contribution in [0.3, 0.4) is 0 Å². The van der Waals surface area contributed by atoms with E-state index in [1.54, 1.807) is 6.07 Å². The van der Waals surface area contributed by atoms with Crippen LogP contribution in [0.15, 0.2) is 20.1 Å². The maximum Gasteiger partial charge on any atom is 0.308 e. The highest BCUT2D eigenvalue weighted by molar-refractivity contribution is 9.11. The minimum atomic E-state index is -3.74. The molecule has 0 fully saturated rings. The summed E-state index contributed by atoms with van der Waals surface area (Å²) in [5.74, 6) is -2.23. The van der Waals surface area contributed by atoms with Crippen LogP contribution in [0.4, 0.5) is 0 Å². The molecule has 10 heteroatoms. The number of hydrogen-bond acceptors (Lipinski definition) is 5. The number of nitrogens with zero attached hydrogens (tertiary/aromatic N) is 1. The number of halogens is 1. The molecule has 0 spiro atoms. The average molecular weight is 399 g/mol. The Labute approximate surface area is 135 Å². The first kappa shape index (κ1) is 18.1. The molecule has 21 heavy (non-hydrogen) atoms. The van der Waals surface area contributed by atoms with Crippen LogP contribution in [0.2, 0.25) is 0 Å². The van der Waals surface area contributed by atoms with Gasteiger partial charge in [-0.1, -0.05) is 6.92 Å². The first-order chi connectivity index (χ1) is 9.63. The third-order valence-electron chi connectivity index (χ3n) is 2.62. The van der Waals surface area contributed by atoms with E-state index in [0.717, 1.165) is 11.3 Å². The molecule has 7 nitrogen and oxygen atoms in total. The van der Waals surface area contributed by atoms with Gasteiger partial charge >= 0.3 is 5.97 Å². The van der Waals surface area contributed by atoms with Gasteiger partial charge in [0.2, 0.25) is 5.91 Å². The van der Waals surface area contributed by atoms with E-state index in [1.165, 1.54) is 24.9 Å². The zero-order valence-corrected chi connectivity index (χ0v) is 14.6. The Morgan fingerprint density at radius 1 is 1.48 bits per heavy atom. The van der Waals surface area contributed by atoms with Gasteiger partial charge in [0, 0.05) is 13.6 Å². The van der Waals surface area contributed by atoms with Crippen molar-refractivity contribution in [2.24, 2.45) is 5.92 Å². The van der Waals surface area contributed by atoms with E-state index in [4.69, 9.17) is 5.11 Å². The average Bonchev–Trinajstić information content (AvgIpc) is 2.83. The van der Waals surface area contributed by atoms with Crippen molar-refractivity contribution in [1.82, 2.24) is 9.62 Å². The van der Waals surface area contributed by atoms with Crippen molar-refractivity contribution in [3.63, 3.8) is 0 Å². The summed E-state index contributed by atoms with van der Waals surface area (Å²) < 4.78 is 26.8. The minimum absolute atomic E-state index is 0.0143. The van der Waals surface area contributed by atoms with Crippen LogP contribution in [0, 0.1) is 5.92 Å². The molecule has 0 aliphatic heterocycles. The number of aliphatic carboxylic acids is 1. The molecule has 1 heterocycles. The minimum Gasteiger partial charge on any atom is -0.481 e.